The van der Waals surface area contributed by atoms with E-state index in [0.717, 1.165) is 15.4 Å². The van der Waals surface area contributed by atoms with Crippen molar-refractivity contribution >= 4 is 39.1 Å². The van der Waals surface area contributed by atoms with E-state index in [1.807, 2.05) is 33.8 Å². The summed E-state index contributed by atoms with van der Waals surface area (Å²) >= 11 is 6.39. The molecule has 1 atom stereocenters. The van der Waals surface area contributed by atoms with Gasteiger partial charge in [0, 0.05) is 13.1 Å². The third-order valence-electron chi connectivity index (χ3n) is 6.87. The van der Waals surface area contributed by atoms with Crippen LogP contribution in [-0.4, -0.2) is 58.5 Å². The Kier molecular flexibility index (Phi) is 11.9. The van der Waals surface area contributed by atoms with Crippen LogP contribution in [0.4, 0.5) is 5.69 Å². The Balaban J connectivity index is 2.09. The third kappa shape index (κ3) is 8.64. The van der Waals surface area contributed by atoms with E-state index in [0.29, 0.717) is 24.5 Å². The fourth-order valence-electron chi connectivity index (χ4n) is 4.49. The normalized spacial score (nSPS) is 12.0. The Hall–Kier alpha value is -3.76. The smallest absolute Gasteiger partial charge is 0.264 e. The largest absolute Gasteiger partial charge is 0.497 e. The number of nitrogens with zero attached hydrogens (tertiary/aromatic N) is 2. The number of hydrogen-bond donors (Lipinski definition) is 1. The number of benzene rings is 3. The van der Waals surface area contributed by atoms with Crippen LogP contribution >= 0.6 is 11.6 Å². The van der Waals surface area contributed by atoms with Gasteiger partial charge >= 0.3 is 0 Å². The lowest BCUT2D eigenvalue weighted by Gasteiger charge is -2.33. The molecule has 0 aliphatic carbocycles. The number of ether oxygens (including phenoxy) is 2. The number of halogens is 1. The Morgan fingerprint density at radius 1 is 0.977 bits per heavy atom. The second-order valence-corrected chi connectivity index (χ2v) is 12.8. The molecule has 232 valence electrons. The molecule has 0 bridgehead atoms. The molecule has 0 spiro atoms. The topological polar surface area (TPSA) is 105 Å². The summed E-state index contributed by atoms with van der Waals surface area (Å²) in [4.78, 5) is 29.0. The molecule has 0 fully saturated rings. The summed E-state index contributed by atoms with van der Waals surface area (Å²) in [7, 11) is -1.23. The molecule has 2 amide bonds. The van der Waals surface area contributed by atoms with Crippen molar-refractivity contribution in [3.8, 4) is 11.5 Å². The maximum atomic E-state index is 14.2. The lowest BCUT2D eigenvalue weighted by Crippen LogP contribution is -2.52. The lowest BCUT2D eigenvalue weighted by atomic mass is 10.1. The highest BCUT2D eigenvalue weighted by Crippen LogP contribution is 2.32. The average Bonchev–Trinajstić information content (AvgIpc) is 2.98. The zero-order valence-corrected chi connectivity index (χ0v) is 27.0. The van der Waals surface area contributed by atoms with Crippen LogP contribution in [0.15, 0.2) is 71.6 Å². The van der Waals surface area contributed by atoms with Gasteiger partial charge < -0.3 is 19.7 Å². The fourth-order valence-corrected chi connectivity index (χ4v) is 6.14. The Labute approximate surface area is 259 Å². The van der Waals surface area contributed by atoms with E-state index in [4.69, 9.17) is 21.1 Å². The molecule has 1 N–H and O–H groups in total. The number of aryl methyl sites for hydroxylation is 1. The summed E-state index contributed by atoms with van der Waals surface area (Å²) in [6.45, 7) is 7.56. The molecular weight excluding hydrogens is 590 g/mol. The number of methoxy groups -OCH3 is 2. The third-order valence-corrected chi connectivity index (χ3v) is 8.95. The van der Waals surface area contributed by atoms with Gasteiger partial charge in [0.2, 0.25) is 11.8 Å². The Bertz CT molecular complexity index is 1510. The van der Waals surface area contributed by atoms with E-state index < -0.39 is 28.5 Å². The average molecular weight is 630 g/mol. The van der Waals surface area contributed by atoms with Crippen LogP contribution < -0.4 is 19.1 Å². The molecule has 0 heterocycles. The molecule has 0 aromatic heterocycles. The van der Waals surface area contributed by atoms with Crippen LogP contribution in [0, 0.1) is 12.8 Å². The maximum absolute atomic E-state index is 14.2. The zero-order chi connectivity index (χ0) is 31.7. The van der Waals surface area contributed by atoms with Gasteiger partial charge in [0.05, 0.1) is 29.8 Å². The van der Waals surface area contributed by atoms with Crippen molar-refractivity contribution in [3.63, 3.8) is 0 Å². The van der Waals surface area contributed by atoms with Gasteiger partial charge in [0.1, 0.15) is 24.1 Å². The lowest BCUT2D eigenvalue weighted by molar-refractivity contribution is -0.140. The van der Waals surface area contributed by atoms with Gasteiger partial charge in [0.25, 0.3) is 10.0 Å². The van der Waals surface area contributed by atoms with E-state index in [9.17, 15) is 18.0 Å². The minimum atomic E-state index is -4.23. The second kappa shape index (κ2) is 15.1. The molecular formula is C32H40ClN3O6S. The van der Waals surface area contributed by atoms with Crippen molar-refractivity contribution in [2.24, 2.45) is 5.92 Å². The second-order valence-electron chi connectivity index (χ2n) is 10.6. The molecule has 0 aliphatic heterocycles. The number of hydrogen-bond acceptors (Lipinski definition) is 6. The summed E-state index contributed by atoms with van der Waals surface area (Å²) in [5.74, 6) is 0.291. The molecule has 0 saturated heterocycles. The highest BCUT2D eigenvalue weighted by Gasteiger charge is 2.34. The predicted molar refractivity (Wildman–Crippen MR) is 169 cm³/mol. The van der Waals surface area contributed by atoms with Crippen LogP contribution in [0.2, 0.25) is 5.02 Å². The number of sulfonamides is 1. The Morgan fingerprint density at radius 2 is 1.67 bits per heavy atom. The molecule has 0 radical (unpaired) electrons. The van der Waals surface area contributed by atoms with Gasteiger partial charge in [-0.3, -0.25) is 13.9 Å². The number of amides is 2. The van der Waals surface area contributed by atoms with E-state index in [-0.39, 0.29) is 34.0 Å². The standard InChI is InChI=1S/C32H40ClN3O6S/c1-7-29(32(38)34-19-22(2)3)35(20-24-9-8-10-26(17-24)41-5)31(37)21-36(25-13-16-30(42-6)28(33)18-25)43(39,40)27-14-11-23(4)12-15-27/h8-18,22,29H,7,19-21H2,1-6H3,(H,34,38). The first-order chi connectivity index (χ1) is 20.4. The van der Waals surface area contributed by atoms with Crippen LogP contribution in [0.25, 0.3) is 0 Å². The highest BCUT2D eigenvalue weighted by molar-refractivity contribution is 7.92. The van der Waals surface area contributed by atoms with Gasteiger partial charge in [-0.05, 0) is 67.3 Å². The van der Waals surface area contributed by atoms with Crippen molar-refractivity contribution in [2.45, 2.75) is 51.6 Å². The number of carbonyl (C=O) groups is 2. The molecule has 9 nitrogen and oxygen atoms in total. The minimum Gasteiger partial charge on any atom is -0.497 e. The fraction of sp³-hybridized carbons (Fsp3) is 0.375. The molecule has 3 aromatic rings. The van der Waals surface area contributed by atoms with E-state index in [1.54, 1.807) is 43.5 Å². The molecule has 0 saturated carbocycles. The molecule has 3 rings (SSSR count). The van der Waals surface area contributed by atoms with Crippen molar-refractivity contribution in [2.75, 3.05) is 31.6 Å². The van der Waals surface area contributed by atoms with Crippen LogP contribution in [-0.2, 0) is 26.2 Å². The molecule has 3 aromatic carbocycles. The first kappa shape index (κ1) is 33.7. The minimum absolute atomic E-state index is 0.0129. The highest BCUT2D eigenvalue weighted by atomic mass is 35.5. The van der Waals surface area contributed by atoms with Crippen molar-refractivity contribution in [1.29, 1.82) is 0 Å². The number of carbonyl (C=O) groups excluding carboxylic acids is 2. The van der Waals surface area contributed by atoms with E-state index >= 15 is 0 Å². The summed E-state index contributed by atoms with van der Waals surface area (Å²) in [5.41, 5.74) is 1.79. The van der Waals surface area contributed by atoms with Gasteiger partial charge in [0.15, 0.2) is 0 Å². The maximum Gasteiger partial charge on any atom is 0.264 e. The SMILES string of the molecule is CCC(C(=O)NCC(C)C)N(Cc1cccc(OC)c1)C(=O)CN(c1ccc(OC)c(Cl)c1)S(=O)(=O)c1ccc(C)cc1. The van der Waals surface area contributed by atoms with Gasteiger partial charge in [-0.1, -0.05) is 62.2 Å². The van der Waals surface area contributed by atoms with Gasteiger partial charge in [-0.2, -0.15) is 0 Å². The first-order valence-corrected chi connectivity index (χ1v) is 15.9. The predicted octanol–water partition coefficient (Wildman–Crippen LogP) is 5.44. The number of nitrogens with one attached hydrogen (secondary N) is 1. The first-order valence-electron chi connectivity index (χ1n) is 14.0. The Morgan fingerprint density at radius 3 is 2.26 bits per heavy atom. The van der Waals surface area contributed by atoms with Crippen molar-refractivity contribution in [3.05, 3.63) is 82.9 Å². The quantitative estimate of drug-likeness (QED) is 0.255. The number of anilines is 1. The summed E-state index contributed by atoms with van der Waals surface area (Å²) < 4.78 is 39.7. The van der Waals surface area contributed by atoms with E-state index in [1.165, 1.54) is 36.3 Å². The molecule has 1 unspecified atom stereocenters. The summed E-state index contributed by atoms with van der Waals surface area (Å²) in [6, 6.07) is 17.2. The van der Waals surface area contributed by atoms with Crippen molar-refractivity contribution in [1.82, 2.24) is 10.2 Å². The van der Waals surface area contributed by atoms with Gasteiger partial charge in [-0.15, -0.1) is 0 Å². The molecule has 0 aliphatic rings. The van der Waals surface area contributed by atoms with Crippen molar-refractivity contribution < 1.29 is 27.5 Å². The van der Waals surface area contributed by atoms with Crippen LogP contribution in [0.1, 0.15) is 38.3 Å². The van der Waals surface area contributed by atoms with Crippen LogP contribution in [0.3, 0.4) is 0 Å². The zero-order valence-electron chi connectivity index (χ0n) is 25.5. The number of rotatable bonds is 14. The summed E-state index contributed by atoms with van der Waals surface area (Å²) in [6.07, 6.45) is 0.318. The molecule has 43 heavy (non-hydrogen) atoms. The van der Waals surface area contributed by atoms with Crippen LogP contribution in [0.5, 0.6) is 11.5 Å². The monoisotopic (exact) mass is 629 g/mol. The molecule has 11 heteroatoms. The van der Waals surface area contributed by atoms with E-state index in [2.05, 4.69) is 5.32 Å². The van der Waals surface area contributed by atoms with Gasteiger partial charge in [-0.25, -0.2) is 8.42 Å². The summed E-state index contributed by atoms with van der Waals surface area (Å²) in [5, 5.41) is 3.11.